The molecule has 1 saturated heterocycles. The molecule has 466 valence electrons. The van der Waals surface area contributed by atoms with Crippen molar-refractivity contribution in [2.24, 2.45) is 0 Å². The Kier molecular flexibility index (Phi) is 56.2. The Morgan fingerprint density at radius 2 is 0.765 bits per heavy atom. The molecule has 0 radical (unpaired) electrons. The molecule has 1 rings (SSSR count). The molecule has 0 aromatic rings. The number of allylic oxidation sites excluding steroid dienone is 17. The van der Waals surface area contributed by atoms with Crippen molar-refractivity contribution in [1.29, 1.82) is 0 Å². The number of ether oxygens (including phenoxy) is 2. The van der Waals surface area contributed by atoms with E-state index in [0.717, 1.165) is 116 Å². The van der Waals surface area contributed by atoms with E-state index in [1.54, 1.807) is 6.08 Å². The monoisotopic (exact) mass is 1130 g/mol. The molecule has 9 nitrogen and oxygen atoms in total. The van der Waals surface area contributed by atoms with Gasteiger partial charge in [0.1, 0.15) is 24.4 Å². The zero-order valence-electron chi connectivity index (χ0n) is 52.0. The van der Waals surface area contributed by atoms with Crippen LogP contribution >= 0.6 is 0 Å². The van der Waals surface area contributed by atoms with Crippen LogP contribution in [0.2, 0.25) is 0 Å². The molecule has 0 spiro atoms. The maximum absolute atomic E-state index is 13.1. The summed E-state index contributed by atoms with van der Waals surface area (Å²) in [5.41, 5.74) is 0. The third-order valence-electron chi connectivity index (χ3n) is 15.4. The summed E-state index contributed by atoms with van der Waals surface area (Å²) in [6.45, 7) is 3.68. The SMILES string of the molecule is CC/C=C\C/C=C\C/C=C\C/C=C\C/C=C\C/C=C\C/C=C\C/C=C\CCCCCCCCC(=O)NC(COC1OC(CO)C(O)C(O)C1O)C(O)/C=C/CCCCCCCCCCCCCCCCCCCCCCCCCCC. The van der Waals surface area contributed by atoms with Gasteiger partial charge >= 0.3 is 0 Å². The largest absolute Gasteiger partial charge is 0.394 e. The van der Waals surface area contributed by atoms with Crippen molar-refractivity contribution < 1.29 is 39.8 Å². The third-order valence-corrected chi connectivity index (χ3v) is 15.4. The first-order valence-electron chi connectivity index (χ1n) is 33.6. The highest BCUT2D eigenvalue weighted by Gasteiger charge is 2.44. The lowest BCUT2D eigenvalue weighted by Gasteiger charge is -2.40. The van der Waals surface area contributed by atoms with Gasteiger partial charge in [0, 0.05) is 6.42 Å². The standard InChI is InChI=1S/C72H125NO8/c1-3-5-7-9-11-13-15-17-19-21-23-25-27-29-31-32-33-34-36-38-40-42-44-46-48-50-52-54-56-58-60-62-68(76)73-65(64-80-72-71(79)70(78)69(77)67(63-74)81-72)66(75)61-59-57-55-53-51-49-47-45-43-41-39-37-35-30-28-26-24-22-20-18-16-14-12-10-8-6-4-2/h5,7,11,13,17,19,23,25,29,31,33-34,38,40,44,46,59,61,65-67,69-72,74-75,77-79H,3-4,6,8-10,12,14-16,18,20-22,24,26-28,30,32,35-37,39,41-43,45,47-58,60,62-64H2,1-2H3,(H,73,76)/b7-5-,13-11-,19-17-,25-23-,31-29-,34-33-,40-38-,46-44-,61-59+. The summed E-state index contributed by atoms with van der Waals surface area (Å²) >= 11 is 0. The molecule has 1 aliphatic rings. The number of unbranched alkanes of at least 4 members (excludes halogenated alkanes) is 31. The smallest absolute Gasteiger partial charge is 0.220 e. The summed E-state index contributed by atoms with van der Waals surface area (Å²) in [5, 5.41) is 54.7. The van der Waals surface area contributed by atoms with Crippen LogP contribution in [0.15, 0.2) is 109 Å². The number of aliphatic hydroxyl groups excluding tert-OH is 5. The van der Waals surface area contributed by atoms with Crippen molar-refractivity contribution in [3.8, 4) is 0 Å². The van der Waals surface area contributed by atoms with Crippen LogP contribution in [-0.4, -0.2) is 87.5 Å². The van der Waals surface area contributed by atoms with Gasteiger partial charge in [0.25, 0.3) is 0 Å². The number of carbonyl (C=O) groups is 1. The molecule has 9 heteroatoms. The summed E-state index contributed by atoms with van der Waals surface area (Å²) in [6.07, 6.45) is 81.7. The van der Waals surface area contributed by atoms with Crippen LogP contribution in [0.1, 0.15) is 284 Å². The first kappa shape index (κ1) is 75.9. The van der Waals surface area contributed by atoms with Crippen LogP contribution in [0, 0.1) is 0 Å². The number of hydrogen-bond donors (Lipinski definition) is 6. The lowest BCUT2D eigenvalue weighted by Crippen LogP contribution is -2.60. The van der Waals surface area contributed by atoms with Gasteiger partial charge in [0.15, 0.2) is 6.29 Å². The van der Waals surface area contributed by atoms with E-state index in [1.165, 1.54) is 148 Å². The van der Waals surface area contributed by atoms with Gasteiger partial charge in [-0.3, -0.25) is 4.79 Å². The quantitative estimate of drug-likeness (QED) is 0.0261. The molecule has 1 amide bonds. The Labute approximate surface area is 497 Å². The minimum absolute atomic E-state index is 0.193. The van der Waals surface area contributed by atoms with Gasteiger partial charge in [0.05, 0.1) is 25.4 Å². The van der Waals surface area contributed by atoms with Crippen molar-refractivity contribution in [3.63, 3.8) is 0 Å². The summed E-state index contributed by atoms with van der Waals surface area (Å²) in [6, 6.07) is -0.823. The molecular weight excluding hydrogens is 1010 g/mol. The van der Waals surface area contributed by atoms with Crippen LogP contribution in [0.5, 0.6) is 0 Å². The van der Waals surface area contributed by atoms with Crippen LogP contribution in [0.4, 0.5) is 0 Å². The topological polar surface area (TPSA) is 149 Å². The fraction of sp³-hybridized carbons (Fsp3) is 0.736. The van der Waals surface area contributed by atoms with E-state index in [9.17, 15) is 30.3 Å². The highest BCUT2D eigenvalue weighted by atomic mass is 16.7. The van der Waals surface area contributed by atoms with Crippen molar-refractivity contribution in [3.05, 3.63) is 109 Å². The van der Waals surface area contributed by atoms with Crippen LogP contribution in [-0.2, 0) is 14.3 Å². The van der Waals surface area contributed by atoms with E-state index in [2.05, 4.69) is 116 Å². The Bertz CT molecular complexity index is 1640. The minimum atomic E-state index is -1.58. The number of amides is 1. The molecular formula is C72H125NO8. The van der Waals surface area contributed by atoms with Gasteiger partial charge < -0.3 is 40.3 Å². The molecule has 0 aliphatic carbocycles. The highest BCUT2D eigenvalue weighted by Crippen LogP contribution is 2.23. The predicted octanol–water partition coefficient (Wildman–Crippen LogP) is 18.1. The number of rotatable bonds is 57. The molecule has 1 aliphatic heterocycles. The highest BCUT2D eigenvalue weighted by molar-refractivity contribution is 5.76. The summed E-state index contributed by atoms with van der Waals surface area (Å²) in [7, 11) is 0. The molecule has 1 heterocycles. The van der Waals surface area contributed by atoms with Gasteiger partial charge in [-0.05, 0) is 83.5 Å². The lowest BCUT2D eigenvalue weighted by atomic mass is 9.99. The third kappa shape index (κ3) is 48.9. The minimum Gasteiger partial charge on any atom is -0.394 e. The normalized spacial score (nSPS) is 19.1. The predicted molar refractivity (Wildman–Crippen MR) is 345 cm³/mol. The first-order chi connectivity index (χ1) is 39.8. The second-order valence-electron chi connectivity index (χ2n) is 22.9. The molecule has 0 aromatic carbocycles. The summed E-state index contributed by atoms with van der Waals surface area (Å²) in [4.78, 5) is 13.1. The average molecular weight is 1130 g/mol. The fourth-order valence-electron chi connectivity index (χ4n) is 10.1. The molecule has 1 fully saturated rings. The molecule has 0 aromatic heterocycles. The van der Waals surface area contributed by atoms with Crippen molar-refractivity contribution in [1.82, 2.24) is 5.32 Å². The maximum Gasteiger partial charge on any atom is 0.220 e. The van der Waals surface area contributed by atoms with Crippen molar-refractivity contribution >= 4 is 5.91 Å². The number of hydrogen-bond acceptors (Lipinski definition) is 8. The molecule has 81 heavy (non-hydrogen) atoms. The molecule has 6 N–H and O–H groups in total. The van der Waals surface area contributed by atoms with E-state index in [1.807, 2.05) is 6.08 Å². The van der Waals surface area contributed by atoms with E-state index in [-0.39, 0.29) is 12.5 Å². The fourth-order valence-corrected chi connectivity index (χ4v) is 10.1. The number of nitrogens with one attached hydrogen (secondary N) is 1. The van der Waals surface area contributed by atoms with E-state index in [0.29, 0.717) is 6.42 Å². The molecule has 0 bridgehead atoms. The Morgan fingerprint density at radius 3 is 1.14 bits per heavy atom. The van der Waals surface area contributed by atoms with Gasteiger partial charge in [-0.1, -0.05) is 303 Å². The Morgan fingerprint density at radius 1 is 0.432 bits per heavy atom. The van der Waals surface area contributed by atoms with Gasteiger partial charge in [0.2, 0.25) is 5.91 Å². The molecule has 0 saturated carbocycles. The van der Waals surface area contributed by atoms with Crippen molar-refractivity contribution in [2.45, 2.75) is 326 Å². The Balaban J connectivity index is 2.20. The van der Waals surface area contributed by atoms with Gasteiger partial charge in [-0.15, -0.1) is 0 Å². The zero-order valence-corrected chi connectivity index (χ0v) is 52.0. The average Bonchev–Trinajstić information content (AvgIpc) is 3.47. The van der Waals surface area contributed by atoms with Crippen molar-refractivity contribution in [2.75, 3.05) is 13.2 Å². The summed E-state index contributed by atoms with van der Waals surface area (Å²) in [5.74, 6) is -0.193. The van der Waals surface area contributed by atoms with Gasteiger partial charge in [-0.2, -0.15) is 0 Å². The maximum atomic E-state index is 13.1. The van der Waals surface area contributed by atoms with Gasteiger partial charge in [-0.25, -0.2) is 0 Å². The first-order valence-corrected chi connectivity index (χ1v) is 33.6. The number of carbonyl (C=O) groups excluding carboxylic acids is 1. The number of aliphatic hydroxyl groups is 5. The van der Waals surface area contributed by atoms with E-state index >= 15 is 0 Å². The van der Waals surface area contributed by atoms with E-state index in [4.69, 9.17) is 9.47 Å². The zero-order chi connectivity index (χ0) is 58.6. The van der Waals surface area contributed by atoms with E-state index < -0.39 is 49.5 Å². The second-order valence-corrected chi connectivity index (χ2v) is 22.9. The molecule has 7 atom stereocenters. The molecule has 7 unspecified atom stereocenters. The lowest BCUT2D eigenvalue weighted by molar-refractivity contribution is -0.302. The summed E-state index contributed by atoms with van der Waals surface area (Å²) < 4.78 is 11.3. The Hall–Kier alpha value is -3.15. The van der Waals surface area contributed by atoms with Crippen LogP contribution in [0.3, 0.4) is 0 Å². The second kappa shape index (κ2) is 60.0. The van der Waals surface area contributed by atoms with Crippen LogP contribution in [0.25, 0.3) is 0 Å². The van der Waals surface area contributed by atoms with Crippen LogP contribution < -0.4 is 5.32 Å².